The zero-order valence-electron chi connectivity index (χ0n) is 19.2. The summed E-state index contributed by atoms with van der Waals surface area (Å²) < 4.78 is 12.9. The van der Waals surface area contributed by atoms with Crippen LogP contribution in [-0.2, 0) is 14.3 Å². The second kappa shape index (κ2) is 7.62. The van der Waals surface area contributed by atoms with Gasteiger partial charge in [0.05, 0.1) is 41.2 Å². The number of nitrogens with zero attached hydrogens (tertiary/aromatic N) is 3. The van der Waals surface area contributed by atoms with Gasteiger partial charge >= 0.3 is 17.8 Å². The molecule has 0 spiro atoms. The summed E-state index contributed by atoms with van der Waals surface area (Å²) in [5.74, 6) is 0.819. The number of benzene rings is 1. The number of methoxy groups -OCH3 is 1. The summed E-state index contributed by atoms with van der Waals surface area (Å²) >= 11 is 0. The molecule has 9 heteroatoms. The number of rotatable bonds is 3. The molecule has 2 unspecified atom stereocenters. The predicted octanol–water partition coefficient (Wildman–Crippen LogP) is 2.95. The van der Waals surface area contributed by atoms with Crippen LogP contribution in [0.1, 0.15) is 50.1 Å². The maximum Gasteiger partial charge on any atom is 0.410 e. The summed E-state index contributed by atoms with van der Waals surface area (Å²) in [6, 6.07) is 7.07. The number of ether oxygens (including phenoxy) is 2. The fraction of sp³-hybridized carbons (Fsp3) is 0.600. The van der Waals surface area contributed by atoms with Crippen LogP contribution in [0.25, 0.3) is 11.0 Å². The molecule has 4 aliphatic carbocycles. The van der Waals surface area contributed by atoms with Gasteiger partial charge in [-0.3, -0.25) is 9.36 Å². The average Bonchev–Trinajstić information content (AvgIpc) is 3.43. The number of H-pyrrole nitrogens is 1. The maximum absolute atomic E-state index is 13.1. The van der Waals surface area contributed by atoms with Gasteiger partial charge in [0.1, 0.15) is 6.10 Å². The van der Waals surface area contributed by atoms with Crippen molar-refractivity contribution in [3.63, 3.8) is 0 Å². The van der Waals surface area contributed by atoms with Gasteiger partial charge in [-0.1, -0.05) is 0 Å². The van der Waals surface area contributed by atoms with Gasteiger partial charge in [-0.25, -0.2) is 9.59 Å². The highest BCUT2D eigenvalue weighted by Crippen LogP contribution is 2.61. The number of hydrogen-bond acceptors (Lipinski definition) is 6. The summed E-state index contributed by atoms with van der Waals surface area (Å²) in [5, 5.41) is 9.12. The van der Waals surface area contributed by atoms with Crippen LogP contribution in [0, 0.1) is 34.5 Å². The lowest BCUT2D eigenvalue weighted by Gasteiger charge is -2.57. The zero-order chi connectivity index (χ0) is 23.6. The Morgan fingerprint density at radius 2 is 1.97 bits per heavy atom. The van der Waals surface area contributed by atoms with Crippen LogP contribution in [0.4, 0.5) is 4.79 Å². The van der Waals surface area contributed by atoms with Crippen molar-refractivity contribution in [1.82, 2.24) is 14.5 Å². The van der Waals surface area contributed by atoms with Crippen LogP contribution < -0.4 is 5.69 Å². The Bertz CT molecular complexity index is 1260. The van der Waals surface area contributed by atoms with Crippen LogP contribution >= 0.6 is 0 Å². The summed E-state index contributed by atoms with van der Waals surface area (Å²) in [6.45, 7) is 0.929. The van der Waals surface area contributed by atoms with E-state index in [1.165, 1.54) is 7.11 Å². The Hall–Kier alpha value is -3.28. The number of aromatic amines is 1. The molecule has 1 saturated heterocycles. The topological polar surface area (TPSA) is 117 Å². The van der Waals surface area contributed by atoms with Crippen molar-refractivity contribution in [2.75, 3.05) is 20.2 Å². The molecule has 1 aromatic carbocycles. The first-order valence-corrected chi connectivity index (χ1v) is 12.1. The molecule has 0 radical (unpaired) electrons. The Kier molecular flexibility index (Phi) is 4.77. The first-order chi connectivity index (χ1) is 16.4. The van der Waals surface area contributed by atoms with Crippen molar-refractivity contribution in [1.29, 1.82) is 5.26 Å². The molecular formula is C25H28N4O5. The molecule has 4 bridgehead atoms. The molecule has 178 valence electrons. The van der Waals surface area contributed by atoms with Crippen molar-refractivity contribution in [2.24, 2.45) is 23.2 Å². The second-order valence-electron chi connectivity index (χ2n) is 10.6. The van der Waals surface area contributed by atoms with Crippen LogP contribution in [0.5, 0.6) is 0 Å². The van der Waals surface area contributed by atoms with E-state index in [9.17, 15) is 14.4 Å². The van der Waals surface area contributed by atoms with E-state index < -0.39 is 5.41 Å². The van der Waals surface area contributed by atoms with Gasteiger partial charge in [0.25, 0.3) is 0 Å². The molecule has 1 aromatic heterocycles. The van der Waals surface area contributed by atoms with Crippen molar-refractivity contribution in [2.45, 2.75) is 50.7 Å². The number of nitrogens with one attached hydrogen (secondary N) is 1. The number of nitriles is 1. The van der Waals surface area contributed by atoms with Crippen molar-refractivity contribution < 1.29 is 19.1 Å². The fourth-order valence-corrected chi connectivity index (χ4v) is 7.51. The molecule has 4 saturated carbocycles. The predicted molar refractivity (Wildman–Crippen MR) is 121 cm³/mol. The summed E-state index contributed by atoms with van der Waals surface area (Å²) in [5.41, 5.74) is 1.22. The highest BCUT2D eigenvalue weighted by atomic mass is 16.6. The smallest absolute Gasteiger partial charge is 0.410 e. The second-order valence-corrected chi connectivity index (χ2v) is 10.6. The molecule has 1 aliphatic heterocycles. The third-order valence-electron chi connectivity index (χ3n) is 8.67. The number of carbonyl (C=O) groups is 2. The van der Waals surface area contributed by atoms with Crippen LogP contribution in [-0.4, -0.2) is 52.8 Å². The first-order valence-electron chi connectivity index (χ1n) is 12.1. The number of esters is 1. The minimum absolute atomic E-state index is 0.106. The van der Waals surface area contributed by atoms with E-state index in [-0.39, 0.29) is 41.7 Å². The van der Waals surface area contributed by atoms with Gasteiger partial charge in [-0.05, 0) is 74.5 Å². The maximum atomic E-state index is 13.1. The molecule has 1 amide bonds. The Labute approximate surface area is 196 Å². The lowest BCUT2D eigenvalue weighted by atomic mass is 9.48. The van der Waals surface area contributed by atoms with E-state index in [4.69, 9.17) is 14.7 Å². The molecule has 5 aliphatic rings. The van der Waals surface area contributed by atoms with Crippen molar-refractivity contribution in [3.8, 4) is 6.07 Å². The van der Waals surface area contributed by atoms with Crippen LogP contribution in [0.15, 0.2) is 23.0 Å². The van der Waals surface area contributed by atoms with Crippen LogP contribution in [0.3, 0.4) is 0 Å². The van der Waals surface area contributed by atoms with E-state index in [0.717, 1.165) is 37.6 Å². The fourth-order valence-electron chi connectivity index (χ4n) is 7.51. The SMILES string of the molecule is COC(=O)[C@]12CC3CC(C1)[C@@H](OC(=O)N1CC[C@@H](n4c(=O)[nH]c5cc(C#N)ccc54)C1)C(C3)C2. The van der Waals surface area contributed by atoms with Gasteiger partial charge in [0.15, 0.2) is 0 Å². The minimum Gasteiger partial charge on any atom is -0.469 e. The molecule has 9 nitrogen and oxygen atoms in total. The van der Waals surface area contributed by atoms with Gasteiger partial charge in [-0.15, -0.1) is 0 Å². The third kappa shape index (κ3) is 3.15. The number of aromatic nitrogens is 2. The number of amides is 1. The van der Waals surface area contributed by atoms with E-state index in [1.54, 1.807) is 27.7 Å². The quantitative estimate of drug-likeness (QED) is 0.698. The summed E-state index contributed by atoms with van der Waals surface area (Å²) in [6.07, 6.45) is 4.57. The minimum atomic E-state index is -0.394. The molecular weight excluding hydrogens is 436 g/mol. The molecule has 2 heterocycles. The molecule has 1 N–H and O–H groups in total. The Balaban J connectivity index is 1.16. The third-order valence-corrected chi connectivity index (χ3v) is 8.67. The molecule has 7 rings (SSSR count). The highest BCUT2D eigenvalue weighted by Gasteiger charge is 2.60. The van der Waals surface area contributed by atoms with Gasteiger partial charge in [0, 0.05) is 13.1 Å². The zero-order valence-corrected chi connectivity index (χ0v) is 19.2. The molecule has 2 aromatic rings. The van der Waals surface area contributed by atoms with Gasteiger partial charge < -0.3 is 19.4 Å². The van der Waals surface area contributed by atoms with E-state index in [2.05, 4.69) is 11.1 Å². The summed E-state index contributed by atoms with van der Waals surface area (Å²) in [4.78, 5) is 42.8. The van der Waals surface area contributed by atoms with Crippen molar-refractivity contribution in [3.05, 3.63) is 34.2 Å². The van der Waals surface area contributed by atoms with Gasteiger partial charge in [-0.2, -0.15) is 5.26 Å². The monoisotopic (exact) mass is 464 g/mol. The lowest BCUT2D eigenvalue weighted by Crippen LogP contribution is -2.58. The molecule has 5 fully saturated rings. The number of hydrogen-bond donors (Lipinski definition) is 1. The van der Waals surface area contributed by atoms with E-state index >= 15 is 0 Å². The lowest BCUT2D eigenvalue weighted by molar-refractivity contribution is -0.182. The molecule has 3 atom stereocenters. The largest absolute Gasteiger partial charge is 0.469 e. The normalized spacial score (nSPS) is 33.8. The number of fused-ring (bicyclic) bond motifs is 1. The Morgan fingerprint density at radius 1 is 1.21 bits per heavy atom. The number of imidazole rings is 1. The first kappa shape index (κ1) is 21.3. The average molecular weight is 465 g/mol. The van der Waals surface area contributed by atoms with E-state index in [1.807, 2.05) is 0 Å². The molecule has 34 heavy (non-hydrogen) atoms. The standard InChI is InChI=1S/C25H28N4O5/c1-33-22(30)25-9-15-6-16(10-25)21(17(7-15)11-25)34-24(32)28-5-4-18(13-28)29-20-3-2-14(12-26)8-19(20)27-23(29)31/h2-3,8,15-18,21H,4-7,9-11,13H2,1H3,(H,27,31)/t15?,16?,17?,18-,21-,25-/m1/s1. The number of likely N-dealkylation sites (tertiary alicyclic amines) is 1. The Morgan fingerprint density at radius 3 is 2.68 bits per heavy atom. The highest BCUT2D eigenvalue weighted by molar-refractivity contribution is 5.78. The van der Waals surface area contributed by atoms with Gasteiger partial charge in [0.2, 0.25) is 0 Å². The van der Waals surface area contributed by atoms with E-state index in [0.29, 0.717) is 36.5 Å². The van der Waals surface area contributed by atoms with Crippen molar-refractivity contribution >= 4 is 23.1 Å². The summed E-state index contributed by atoms with van der Waals surface area (Å²) in [7, 11) is 1.46. The van der Waals surface area contributed by atoms with Crippen LogP contribution in [0.2, 0.25) is 0 Å². The number of carbonyl (C=O) groups excluding carboxylic acids is 2.